The van der Waals surface area contributed by atoms with Crippen LogP contribution in [0.5, 0.6) is 0 Å². The zero-order chi connectivity index (χ0) is 15.4. The number of halogens is 3. The van der Waals surface area contributed by atoms with Gasteiger partial charge in [0.25, 0.3) is 0 Å². The van der Waals surface area contributed by atoms with Crippen molar-refractivity contribution >= 4 is 56.4 Å². The number of hydrogen-bond donors (Lipinski definition) is 2. The first-order valence-corrected chi connectivity index (χ1v) is 7.76. The standard InChI is InChI=1S/C15H13BrCl2N2O/c1-9(21)20-14-5-3-2-4-10(14)8-19-15-12(17)6-11(16)7-13(15)18/h2-7,19H,8H2,1H3,(H,20,21). The second-order valence-electron chi connectivity index (χ2n) is 4.44. The SMILES string of the molecule is CC(=O)Nc1ccccc1CNc1c(Cl)cc(Br)cc1Cl. The highest BCUT2D eigenvalue weighted by atomic mass is 79.9. The second kappa shape index (κ2) is 7.16. The maximum atomic E-state index is 11.2. The van der Waals surface area contributed by atoms with Crippen molar-refractivity contribution in [3.8, 4) is 0 Å². The lowest BCUT2D eigenvalue weighted by atomic mass is 10.1. The third-order valence-electron chi connectivity index (χ3n) is 2.79. The number of benzene rings is 2. The van der Waals surface area contributed by atoms with Crippen molar-refractivity contribution in [1.82, 2.24) is 0 Å². The quantitative estimate of drug-likeness (QED) is 0.744. The van der Waals surface area contributed by atoms with Crippen molar-refractivity contribution < 1.29 is 4.79 Å². The summed E-state index contributed by atoms with van der Waals surface area (Å²) < 4.78 is 0.821. The van der Waals surface area contributed by atoms with Crippen LogP contribution in [0, 0.1) is 0 Å². The average molecular weight is 388 g/mol. The Bertz CT molecular complexity index is 653. The summed E-state index contributed by atoms with van der Waals surface area (Å²) in [6.07, 6.45) is 0. The van der Waals surface area contributed by atoms with E-state index in [-0.39, 0.29) is 5.91 Å². The van der Waals surface area contributed by atoms with Crippen molar-refractivity contribution in [2.24, 2.45) is 0 Å². The van der Waals surface area contributed by atoms with Gasteiger partial charge in [-0.25, -0.2) is 0 Å². The predicted molar refractivity (Wildman–Crippen MR) is 92.2 cm³/mol. The highest BCUT2D eigenvalue weighted by Gasteiger charge is 2.09. The van der Waals surface area contributed by atoms with Gasteiger partial charge in [0.1, 0.15) is 0 Å². The third kappa shape index (κ3) is 4.37. The Morgan fingerprint density at radius 2 is 1.81 bits per heavy atom. The Morgan fingerprint density at radius 3 is 2.43 bits per heavy atom. The summed E-state index contributed by atoms with van der Waals surface area (Å²) in [4.78, 5) is 11.2. The van der Waals surface area contributed by atoms with Crippen LogP contribution in [0.4, 0.5) is 11.4 Å². The molecule has 2 rings (SSSR count). The lowest BCUT2D eigenvalue weighted by Crippen LogP contribution is -2.10. The molecule has 0 fully saturated rings. The molecule has 0 saturated carbocycles. The Hall–Kier alpha value is -1.23. The zero-order valence-electron chi connectivity index (χ0n) is 11.2. The van der Waals surface area contributed by atoms with Gasteiger partial charge in [-0.1, -0.05) is 57.3 Å². The summed E-state index contributed by atoms with van der Waals surface area (Å²) in [5.41, 5.74) is 2.38. The molecule has 6 heteroatoms. The molecule has 0 bridgehead atoms. The van der Waals surface area contributed by atoms with Gasteiger partial charge < -0.3 is 10.6 Å². The Labute approximate surface area is 141 Å². The van der Waals surface area contributed by atoms with Gasteiger partial charge in [0.05, 0.1) is 15.7 Å². The first kappa shape index (κ1) is 16.1. The zero-order valence-corrected chi connectivity index (χ0v) is 14.3. The smallest absolute Gasteiger partial charge is 0.221 e. The molecule has 2 N–H and O–H groups in total. The van der Waals surface area contributed by atoms with Gasteiger partial charge in [-0.15, -0.1) is 0 Å². The van der Waals surface area contributed by atoms with Gasteiger partial charge in [0.15, 0.2) is 0 Å². The number of hydrogen-bond acceptors (Lipinski definition) is 2. The van der Waals surface area contributed by atoms with E-state index in [9.17, 15) is 4.79 Å². The van der Waals surface area contributed by atoms with E-state index in [0.717, 1.165) is 15.7 Å². The van der Waals surface area contributed by atoms with Gasteiger partial charge >= 0.3 is 0 Å². The van der Waals surface area contributed by atoms with E-state index in [2.05, 4.69) is 26.6 Å². The predicted octanol–water partition coefficient (Wildman–Crippen LogP) is 5.33. The van der Waals surface area contributed by atoms with E-state index >= 15 is 0 Å². The van der Waals surface area contributed by atoms with E-state index in [0.29, 0.717) is 22.3 Å². The van der Waals surface area contributed by atoms with Crippen molar-refractivity contribution in [3.63, 3.8) is 0 Å². The average Bonchev–Trinajstić information content (AvgIpc) is 2.38. The van der Waals surface area contributed by atoms with Gasteiger partial charge in [-0.3, -0.25) is 4.79 Å². The molecule has 21 heavy (non-hydrogen) atoms. The fourth-order valence-corrected chi connectivity index (χ4v) is 3.22. The Morgan fingerprint density at radius 1 is 1.19 bits per heavy atom. The van der Waals surface area contributed by atoms with E-state index in [1.807, 2.05) is 24.3 Å². The van der Waals surface area contributed by atoms with Crippen LogP contribution in [0.1, 0.15) is 12.5 Å². The van der Waals surface area contributed by atoms with Crippen molar-refractivity contribution in [2.45, 2.75) is 13.5 Å². The number of carbonyl (C=O) groups is 1. The largest absolute Gasteiger partial charge is 0.378 e. The summed E-state index contributed by atoms with van der Waals surface area (Å²) in [5, 5.41) is 7.07. The minimum absolute atomic E-state index is 0.109. The molecule has 0 spiro atoms. The van der Waals surface area contributed by atoms with Gasteiger partial charge in [-0.2, -0.15) is 0 Å². The highest BCUT2D eigenvalue weighted by Crippen LogP contribution is 2.34. The number of anilines is 2. The molecule has 110 valence electrons. The van der Waals surface area contributed by atoms with E-state index in [1.165, 1.54) is 6.92 Å². The third-order valence-corrected chi connectivity index (χ3v) is 3.84. The molecule has 1 amide bonds. The van der Waals surface area contributed by atoms with Gasteiger partial charge in [0.2, 0.25) is 5.91 Å². The van der Waals surface area contributed by atoms with Crippen molar-refractivity contribution in [1.29, 1.82) is 0 Å². The van der Waals surface area contributed by atoms with E-state index in [4.69, 9.17) is 23.2 Å². The van der Waals surface area contributed by atoms with Crippen LogP contribution in [0.25, 0.3) is 0 Å². The topological polar surface area (TPSA) is 41.1 Å². The second-order valence-corrected chi connectivity index (χ2v) is 6.17. The maximum Gasteiger partial charge on any atom is 0.221 e. The van der Waals surface area contributed by atoms with Crippen molar-refractivity contribution in [2.75, 3.05) is 10.6 Å². The monoisotopic (exact) mass is 386 g/mol. The first-order chi connectivity index (χ1) is 9.97. The molecular formula is C15H13BrCl2N2O. The van der Waals surface area contributed by atoms with Gasteiger partial charge in [-0.05, 0) is 23.8 Å². The van der Waals surface area contributed by atoms with Crippen LogP contribution in [0.3, 0.4) is 0 Å². The summed E-state index contributed by atoms with van der Waals surface area (Å²) in [6.45, 7) is 1.98. The van der Waals surface area contributed by atoms with E-state index in [1.54, 1.807) is 12.1 Å². The Balaban J connectivity index is 2.19. The van der Waals surface area contributed by atoms with Crippen LogP contribution in [0.15, 0.2) is 40.9 Å². The molecule has 0 aromatic heterocycles. The summed E-state index contributed by atoms with van der Waals surface area (Å²) in [7, 11) is 0. The highest BCUT2D eigenvalue weighted by molar-refractivity contribution is 9.10. The van der Waals surface area contributed by atoms with Crippen LogP contribution < -0.4 is 10.6 Å². The molecule has 0 aliphatic rings. The molecule has 0 atom stereocenters. The number of para-hydroxylation sites is 1. The van der Waals surface area contributed by atoms with Crippen LogP contribution in [-0.2, 0) is 11.3 Å². The molecule has 3 nitrogen and oxygen atoms in total. The fraction of sp³-hybridized carbons (Fsp3) is 0.133. The molecule has 0 aliphatic carbocycles. The van der Waals surface area contributed by atoms with Gasteiger partial charge in [0, 0.05) is 23.6 Å². The molecule has 0 heterocycles. The number of nitrogens with one attached hydrogen (secondary N) is 2. The molecule has 0 saturated heterocycles. The number of amides is 1. The normalized spacial score (nSPS) is 10.3. The molecule has 0 unspecified atom stereocenters. The first-order valence-electron chi connectivity index (χ1n) is 6.21. The minimum Gasteiger partial charge on any atom is -0.378 e. The molecule has 0 aliphatic heterocycles. The number of carbonyl (C=O) groups excluding carboxylic acids is 1. The van der Waals surface area contributed by atoms with Crippen LogP contribution in [-0.4, -0.2) is 5.91 Å². The minimum atomic E-state index is -0.109. The van der Waals surface area contributed by atoms with Crippen LogP contribution in [0.2, 0.25) is 10.0 Å². The molecular weight excluding hydrogens is 375 g/mol. The lowest BCUT2D eigenvalue weighted by Gasteiger charge is -2.14. The lowest BCUT2D eigenvalue weighted by molar-refractivity contribution is -0.114. The Kier molecular flexibility index (Phi) is 5.51. The molecule has 2 aromatic rings. The molecule has 2 aromatic carbocycles. The summed E-state index contributed by atoms with van der Waals surface area (Å²) >= 11 is 15.7. The molecule has 0 radical (unpaired) electrons. The fourth-order valence-electron chi connectivity index (χ4n) is 1.88. The van der Waals surface area contributed by atoms with Crippen molar-refractivity contribution in [3.05, 3.63) is 56.5 Å². The van der Waals surface area contributed by atoms with Crippen LogP contribution >= 0.6 is 39.1 Å². The summed E-state index contributed by atoms with van der Waals surface area (Å²) in [5.74, 6) is -0.109. The summed E-state index contributed by atoms with van der Waals surface area (Å²) in [6, 6.07) is 11.1. The maximum absolute atomic E-state index is 11.2. The number of rotatable bonds is 4. The van der Waals surface area contributed by atoms with E-state index < -0.39 is 0 Å².